The van der Waals surface area contributed by atoms with Crippen LogP contribution >= 0.6 is 0 Å². The van der Waals surface area contributed by atoms with Crippen molar-refractivity contribution in [2.75, 3.05) is 5.32 Å². The predicted molar refractivity (Wildman–Crippen MR) is 113 cm³/mol. The highest BCUT2D eigenvalue weighted by Crippen LogP contribution is 2.27. The number of aryl methyl sites for hydroxylation is 1. The molecular weight excluding hydrogens is 350 g/mol. The van der Waals surface area contributed by atoms with Gasteiger partial charge in [-0.1, -0.05) is 30.7 Å². The van der Waals surface area contributed by atoms with E-state index in [2.05, 4.69) is 10.6 Å². The number of carbonyl (C=O) groups excluding carboxylic acids is 2. The van der Waals surface area contributed by atoms with Crippen LogP contribution < -0.4 is 10.6 Å². The number of anilines is 1. The molecule has 0 saturated heterocycles. The van der Waals surface area contributed by atoms with Gasteiger partial charge in [0.2, 0.25) is 5.91 Å². The first-order valence-electron chi connectivity index (χ1n) is 9.47. The van der Waals surface area contributed by atoms with Crippen LogP contribution in [0, 0.1) is 6.92 Å². The van der Waals surface area contributed by atoms with Crippen molar-refractivity contribution in [3.8, 4) is 11.3 Å². The lowest BCUT2D eigenvalue weighted by Crippen LogP contribution is -2.32. The second kappa shape index (κ2) is 8.21. The van der Waals surface area contributed by atoms with Gasteiger partial charge in [-0.2, -0.15) is 0 Å². The van der Waals surface area contributed by atoms with Gasteiger partial charge in [0.25, 0.3) is 5.91 Å². The fourth-order valence-corrected chi connectivity index (χ4v) is 3.01. The quantitative estimate of drug-likeness (QED) is 0.679. The van der Waals surface area contributed by atoms with Gasteiger partial charge < -0.3 is 10.6 Å². The summed E-state index contributed by atoms with van der Waals surface area (Å²) >= 11 is 0. The van der Waals surface area contributed by atoms with E-state index in [4.69, 9.17) is 4.98 Å². The summed E-state index contributed by atoms with van der Waals surface area (Å²) in [5, 5.41) is 6.65. The third kappa shape index (κ3) is 4.36. The standard InChI is InChI=1S/C23H25N3O2/c1-5-15(3)24-23(28)20-13-22(26-21-11-6-14(2)12-19(20)21)17-7-9-18(10-8-17)25-16(4)27/h6-13,15H,5H2,1-4H3,(H,24,28)(H,25,27)/t15-/m0/s1. The van der Waals surface area contributed by atoms with E-state index in [0.717, 1.165) is 39.8 Å². The first-order valence-corrected chi connectivity index (χ1v) is 9.47. The molecular formula is C23H25N3O2. The van der Waals surface area contributed by atoms with Crippen molar-refractivity contribution in [1.29, 1.82) is 0 Å². The summed E-state index contributed by atoms with van der Waals surface area (Å²) in [6.45, 7) is 7.52. The molecule has 144 valence electrons. The highest BCUT2D eigenvalue weighted by molar-refractivity contribution is 6.07. The maximum absolute atomic E-state index is 12.9. The van der Waals surface area contributed by atoms with Gasteiger partial charge in [0.1, 0.15) is 0 Å². The summed E-state index contributed by atoms with van der Waals surface area (Å²) in [5.41, 5.74) is 4.81. The molecule has 0 aliphatic carbocycles. The van der Waals surface area contributed by atoms with Crippen LogP contribution in [0.1, 0.15) is 43.1 Å². The number of aromatic nitrogens is 1. The summed E-state index contributed by atoms with van der Waals surface area (Å²) in [5.74, 6) is -0.209. The Morgan fingerprint density at radius 2 is 1.79 bits per heavy atom. The van der Waals surface area contributed by atoms with E-state index in [1.807, 2.05) is 69.3 Å². The number of nitrogens with zero attached hydrogens (tertiary/aromatic N) is 1. The second-order valence-electron chi connectivity index (χ2n) is 7.12. The highest BCUT2D eigenvalue weighted by Gasteiger charge is 2.15. The molecule has 0 saturated carbocycles. The Bertz CT molecular complexity index is 1030. The molecule has 0 radical (unpaired) electrons. The zero-order valence-electron chi connectivity index (χ0n) is 16.7. The first kappa shape index (κ1) is 19.5. The van der Waals surface area contributed by atoms with E-state index in [1.165, 1.54) is 6.92 Å². The van der Waals surface area contributed by atoms with Gasteiger partial charge >= 0.3 is 0 Å². The molecule has 5 heteroatoms. The van der Waals surface area contributed by atoms with Crippen LogP contribution in [0.25, 0.3) is 22.2 Å². The summed E-state index contributed by atoms with van der Waals surface area (Å²) in [6, 6.07) is 15.3. The normalized spacial score (nSPS) is 11.9. The zero-order chi connectivity index (χ0) is 20.3. The Hall–Kier alpha value is -3.21. The molecule has 28 heavy (non-hydrogen) atoms. The van der Waals surface area contributed by atoms with Crippen molar-refractivity contribution in [3.05, 3.63) is 59.7 Å². The third-order valence-corrected chi connectivity index (χ3v) is 4.70. The monoisotopic (exact) mass is 375 g/mol. The van der Waals surface area contributed by atoms with Crippen LogP contribution in [0.3, 0.4) is 0 Å². The average Bonchev–Trinajstić information content (AvgIpc) is 2.67. The summed E-state index contributed by atoms with van der Waals surface area (Å²) in [7, 11) is 0. The minimum absolute atomic E-state index is 0.0940. The van der Waals surface area contributed by atoms with Crippen LogP contribution in [0.2, 0.25) is 0 Å². The fraction of sp³-hybridized carbons (Fsp3) is 0.261. The number of nitrogens with one attached hydrogen (secondary N) is 2. The second-order valence-corrected chi connectivity index (χ2v) is 7.12. The average molecular weight is 375 g/mol. The Morgan fingerprint density at radius 1 is 1.07 bits per heavy atom. The maximum Gasteiger partial charge on any atom is 0.252 e. The minimum atomic E-state index is -0.115. The van der Waals surface area contributed by atoms with E-state index in [9.17, 15) is 9.59 Å². The van der Waals surface area contributed by atoms with Gasteiger partial charge in [-0.15, -0.1) is 0 Å². The molecule has 2 aromatic carbocycles. The molecule has 2 amide bonds. The highest BCUT2D eigenvalue weighted by atomic mass is 16.2. The molecule has 3 aromatic rings. The van der Waals surface area contributed by atoms with Gasteiger partial charge in [-0.3, -0.25) is 9.59 Å². The molecule has 3 rings (SSSR count). The third-order valence-electron chi connectivity index (χ3n) is 4.70. The molecule has 0 unspecified atom stereocenters. The Balaban J connectivity index is 2.07. The van der Waals surface area contributed by atoms with Gasteiger partial charge in [-0.05, 0) is 50.6 Å². The molecule has 2 N–H and O–H groups in total. The Morgan fingerprint density at radius 3 is 2.43 bits per heavy atom. The Labute approximate surface area is 165 Å². The number of rotatable bonds is 5. The maximum atomic E-state index is 12.9. The molecule has 0 spiro atoms. The SMILES string of the molecule is CC[C@H](C)NC(=O)c1cc(-c2ccc(NC(C)=O)cc2)nc2ccc(C)cc12. The molecule has 0 fully saturated rings. The van der Waals surface area contributed by atoms with Crippen molar-refractivity contribution in [2.24, 2.45) is 0 Å². The van der Waals surface area contributed by atoms with Crippen LogP contribution in [0.15, 0.2) is 48.5 Å². The number of fused-ring (bicyclic) bond motifs is 1. The largest absolute Gasteiger partial charge is 0.350 e. The number of hydrogen-bond acceptors (Lipinski definition) is 3. The van der Waals surface area contributed by atoms with Crippen molar-refractivity contribution in [3.63, 3.8) is 0 Å². The van der Waals surface area contributed by atoms with E-state index < -0.39 is 0 Å². The fourth-order valence-electron chi connectivity index (χ4n) is 3.01. The van der Waals surface area contributed by atoms with E-state index in [0.29, 0.717) is 5.56 Å². The molecule has 1 aromatic heterocycles. The number of carbonyl (C=O) groups is 2. The van der Waals surface area contributed by atoms with Gasteiger partial charge in [-0.25, -0.2) is 4.98 Å². The molecule has 1 heterocycles. The van der Waals surface area contributed by atoms with Crippen LogP contribution in [0.4, 0.5) is 5.69 Å². The van der Waals surface area contributed by atoms with Gasteiger partial charge in [0.15, 0.2) is 0 Å². The molecule has 0 bridgehead atoms. The van der Waals surface area contributed by atoms with Gasteiger partial charge in [0.05, 0.1) is 16.8 Å². The smallest absolute Gasteiger partial charge is 0.252 e. The minimum Gasteiger partial charge on any atom is -0.350 e. The topological polar surface area (TPSA) is 71.1 Å². The number of amides is 2. The van der Waals surface area contributed by atoms with Crippen LogP contribution in [-0.4, -0.2) is 22.8 Å². The van der Waals surface area contributed by atoms with Crippen LogP contribution in [0.5, 0.6) is 0 Å². The van der Waals surface area contributed by atoms with Crippen molar-refractivity contribution in [2.45, 2.75) is 40.2 Å². The number of pyridine rings is 1. The molecule has 1 atom stereocenters. The number of hydrogen-bond donors (Lipinski definition) is 2. The summed E-state index contributed by atoms with van der Waals surface area (Å²) < 4.78 is 0. The van der Waals surface area contributed by atoms with E-state index in [1.54, 1.807) is 0 Å². The molecule has 0 aliphatic rings. The van der Waals surface area contributed by atoms with E-state index >= 15 is 0 Å². The van der Waals surface area contributed by atoms with Crippen molar-refractivity contribution >= 4 is 28.4 Å². The number of benzene rings is 2. The zero-order valence-corrected chi connectivity index (χ0v) is 16.7. The lowest BCUT2D eigenvalue weighted by atomic mass is 10.0. The lowest BCUT2D eigenvalue weighted by molar-refractivity contribution is -0.114. The van der Waals surface area contributed by atoms with E-state index in [-0.39, 0.29) is 17.9 Å². The Kier molecular flexibility index (Phi) is 5.73. The summed E-state index contributed by atoms with van der Waals surface area (Å²) in [4.78, 5) is 28.9. The van der Waals surface area contributed by atoms with Gasteiger partial charge in [0, 0.05) is 29.6 Å². The summed E-state index contributed by atoms with van der Waals surface area (Å²) in [6.07, 6.45) is 0.866. The first-order chi connectivity index (χ1) is 13.4. The predicted octanol–water partition coefficient (Wildman–Crippen LogP) is 4.70. The molecule has 5 nitrogen and oxygen atoms in total. The molecule has 0 aliphatic heterocycles. The van der Waals surface area contributed by atoms with Crippen LogP contribution in [-0.2, 0) is 4.79 Å². The van der Waals surface area contributed by atoms with Crippen molar-refractivity contribution < 1.29 is 9.59 Å². The van der Waals surface area contributed by atoms with Crippen molar-refractivity contribution in [1.82, 2.24) is 10.3 Å². The lowest BCUT2D eigenvalue weighted by Gasteiger charge is -2.14.